The molecular formula is C19H23N5O3S. The number of carbonyl (C=O) groups excluding carboxylic acids is 1. The average Bonchev–Trinajstić information content (AvgIpc) is 3.15. The lowest BCUT2D eigenvalue weighted by Gasteiger charge is -2.32. The summed E-state index contributed by atoms with van der Waals surface area (Å²) in [5, 5.41) is 3.64. The lowest BCUT2D eigenvalue weighted by Crippen LogP contribution is -2.44. The Morgan fingerprint density at radius 2 is 1.75 bits per heavy atom. The summed E-state index contributed by atoms with van der Waals surface area (Å²) in [6.07, 6.45) is 3.92. The Morgan fingerprint density at radius 1 is 1.07 bits per heavy atom. The minimum atomic E-state index is -0.386. The topological polar surface area (TPSA) is 125 Å². The van der Waals surface area contributed by atoms with Crippen LogP contribution in [-0.2, 0) is 10.3 Å². The van der Waals surface area contributed by atoms with Gasteiger partial charge in [0, 0.05) is 6.07 Å². The van der Waals surface area contributed by atoms with Crippen molar-refractivity contribution < 1.29 is 14.3 Å². The molecule has 2 heterocycles. The molecule has 9 heteroatoms. The fourth-order valence-electron chi connectivity index (χ4n) is 3.76. The van der Waals surface area contributed by atoms with Gasteiger partial charge in [-0.05, 0) is 30.5 Å². The van der Waals surface area contributed by atoms with E-state index in [0.717, 1.165) is 42.7 Å². The summed E-state index contributed by atoms with van der Waals surface area (Å²) >= 11 is 1.22. The summed E-state index contributed by atoms with van der Waals surface area (Å²) in [4.78, 5) is 20.9. The van der Waals surface area contributed by atoms with Crippen molar-refractivity contribution in [2.24, 2.45) is 0 Å². The molecule has 2 aliphatic rings. The Kier molecular flexibility index (Phi) is 5.17. The number of nitrogens with two attached hydrogens (primary N) is 2. The highest BCUT2D eigenvalue weighted by Crippen LogP contribution is 2.42. The van der Waals surface area contributed by atoms with E-state index in [1.54, 1.807) is 0 Å². The fourth-order valence-corrected chi connectivity index (χ4v) is 4.44. The number of nitrogens with zero attached hydrogens (tertiary/aromatic N) is 2. The number of benzene rings is 1. The van der Waals surface area contributed by atoms with Crippen LogP contribution >= 0.6 is 11.8 Å². The molecule has 1 saturated carbocycles. The second kappa shape index (κ2) is 7.75. The van der Waals surface area contributed by atoms with Crippen LogP contribution in [0.4, 0.5) is 11.6 Å². The molecule has 8 nitrogen and oxygen atoms in total. The molecule has 0 bridgehead atoms. The van der Waals surface area contributed by atoms with Gasteiger partial charge in [0.05, 0.1) is 11.3 Å². The molecule has 0 unspecified atom stereocenters. The number of carbonyl (C=O) groups is 1. The maximum atomic E-state index is 12.7. The zero-order chi connectivity index (χ0) is 19.6. The summed E-state index contributed by atoms with van der Waals surface area (Å²) in [7, 11) is 0. The Morgan fingerprint density at radius 3 is 2.46 bits per heavy atom. The monoisotopic (exact) mass is 401 g/mol. The van der Waals surface area contributed by atoms with Gasteiger partial charge in [0.2, 0.25) is 5.91 Å². The third-order valence-corrected chi connectivity index (χ3v) is 5.86. The van der Waals surface area contributed by atoms with Gasteiger partial charge in [-0.2, -0.15) is 0 Å². The van der Waals surface area contributed by atoms with E-state index >= 15 is 0 Å². The van der Waals surface area contributed by atoms with Crippen molar-refractivity contribution in [1.29, 1.82) is 0 Å². The molecule has 5 N–H and O–H groups in total. The Balaban J connectivity index is 1.48. The Hall–Kier alpha value is -2.68. The van der Waals surface area contributed by atoms with Crippen LogP contribution < -0.4 is 26.3 Å². The van der Waals surface area contributed by atoms with E-state index in [1.165, 1.54) is 17.8 Å². The van der Waals surface area contributed by atoms with Gasteiger partial charge in [0.25, 0.3) is 0 Å². The van der Waals surface area contributed by atoms with Crippen LogP contribution in [0.25, 0.3) is 0 Å². The number of amides is 1. The summed E-state index contributed by atoms with van der Waals surface area (Å²) in [6, 6.07) is 7.43. The highest BCUT2D eigenvalue weighted by Gasteiger charge is 2.37. The van der Waals surface area contributed by atoms with Crippen LogP contribution in [0, 0.1) is 0 Å². The second-order valence-corrected chi connectivity index (χ2v) is 7.93. The zero-order valence-corrected chi connectivity index (χ0v) is 16.3. The first-order chi connectivity index (χ1) is 13.5. The van der Waals surface area contributed by atoms with Crippen LogP contribution in [0.1, 0.15) is 31.2 Å². The first-order valence-electron chi connectivity index (χ1n) is 9.28. The molecular weight excluding hydrogens is 378 g/mol. The molecule has 1 aliphatic carbocycles. The maximum Gasteiger partial charge on any atom is 0.231 e. The molecule has 0 spiro atoms. The van der Waals surface area contributed by atoms with E-state index in [2.05, 4.69) is 15.3 Å². The number of hydrogen-bond donors (Lipinski definition) is 3. The van der Waals surface area contributed by atoms with Crippen LogP contribution in [-0.4, -0.2) is 34.8 Å². The Bertz CT molecular complexity index is 866. The van der Waals surface area contributed by atoms with Gasteiger partial charge in [-0.15, -0.1) is 0 Å². The summed E-state index contributed by atoms with van der Waals surface area (Å²) < 4.78 is 11.3. The van der Waals surface area contributed by atoms with Gasteiger partial charge in [0.15, 0.2) is 16.7 Å². The first-order valence-corrected chi connectivity index (χ1v) is 10.3. The lowest BCUT2D eigenvalue weighted by molar-refractivity contribution is -0.120. The number of rotatable bonds is 5. The molecule has 0 radical (unpaired) electrons. The smallest absolute Gasteiger partial charge is 0.231 e. The number of hydrogen-bond acceptors (Lipinski definition) is 8. The molecule has 1 aromatic carbocycles. The fraction of sp³-hybridized carbons (Fsp3) is 0.421. The third kappa shape index (κ3) is 3.94. The van der Waals surface area contributed by atoms with E-state index < -0.39 is 0 Å². The van der Waals surface area contributed by atoms with Crippen molar-refractivity contribution in [3.05, 3.63) is 29.8 Å². The molecule has 0 saturated heterocycles. The third-order valence-electron chi connectivity index (χ3n) is 5.01. The van der Waals surface area contributed by atoms with Gasteiger partial charge in [-0.3, -0.25) is 4.79 Å². The summed E-state index contributed by atoms with van der Waals surface area (Å²) in [6.45, 7) is 1.10. The molecule has 1 aliphatic heterocycles. The number of thioether (sulfide) groups is 1. The van der Waals surface area contributed by atoms with Crippen LogP contribution in [0.3, 0.4) is 0 Å². The second-order valence-electron chi connectivity index (χ2n) is 6.98. The van der Waals surface area contributed by atoms with Crippen molar-refractivity contribution in [2.75, 3.05) is 30.4 Å². The van der Waals surface area contributed by atoms with E-state index in [9.17, 15) is 4.79 Å². The largest absolute Gasteiger partial charge is 0.486 e. The number of anilines is 2. The van der Waals surface area contributed by atoms with Crippen molar-refractivity contribution in [3.63, 3.8) is 0 Å². The van der Waals surface area contributed by atoms with Crippen molar-refractivity contribution in [1.82, 2.24) is 15.3 Å². The molecule has 1 aromatic heterocycles. The summed E-state index contributed by atoms with van der Waals surface area (Å²) in [5.74, 6) is 2.18. The molecule has 1 amide bonds. The number of nitrogen functional groups attached to an aromatic ring is 2. The maximum absolute atomic E-state index is 12.7. The van der Waals surface area contributed by atoms with Crippen LogP contribution in [0.15, 0.2) is 29.4 Å². The van der Waals surface area contributed by atoms with E-state index in [-0.39, 0.29) is 17.2 Å². The number of fused-ring (bicyclic) bond motifs is 1. The van der Waals surface area contributed by atoms with Crippen LogP contribution in [0.2, 0.25) is 0 Å². The quantitative estimate of drug-likeness (QED) is 0.514. The minimum Gasteiger partial charge on any atom is -0.486 e. The number of ether oxygens (including phenoxy) is 2. The van der Waals surface area contributed by atoms with Gasteiger partial charge < -0.3 is 26.3 Å². The van der Waals surface area contributed by atoms with Gasteiger partial charge in [-0.1, -0.05) is 30.7 Å². The number of aromatic nitrogens is 2. The lowest BCUT2D eigenvalue weighted by atomic mass is 9.87. The Labute approximate surface area is 167 Å². The zero-order valence-electron chi connectivity index (χ0n) is 15.4. The van der Waals surface area contributed by atoms with Gasteiger partial charge in [-0.25, -0.2) is 9.97 Å². The predicted molar refractivity (Wildman–Crippen MR) is 107 cm³/mol. The van der Waals surface area contributed by atoms with Crippen molar-refractivity contribution in [3.8, 4) is 11.5 Å². The molecule has 148 valence electrons. The summed E-state index contributed by atoms with van der Waals surface area (Å²) in [5.41, 5.74) is 12.0. The SMILES string of the molecule is Nc1cc(N)nc(SCC(=O)NC2(c3ccc4c(c3)OCCO4)CCCC2)n1. The first kappa shape index (κ1) is 18.7. The van der Waals surface area contributed by atoms with Crippen molar-refractivity contribution in [2.45, 2.75) is 36.4 Å². The normalized spacial score (nSPS) is 17.3. The van der Waals surface area contributed by atoms with E-state index in [0.29, 0.717) is 30.0 Å². The molecule has 0 atom stereocenters. The predicted octanol–water partition coefficient (Wildman–Crippen LogP) is 2.09. The molecule has 1 fully saturated rings. The highest BCUT2D eigenvalue weighted by atomic mass is 32.2. The minimum absolute atomic E-state index is 0.0774. The van der Waals surface area contributed by atoms with Crippen LogP contribution in [0.5, 0.6) is 11.5 Å². The average molecular weight is 401 g/mol. The number of nitrogens with one attached hydrogen (secondary N) is 1. The van der Waals surface area contributed by atoms with Gasteiger partial charge >= 0.3 is 0 Å². The standard InChI is InChI=1S/C19H23N5O3S/c20-15-10-16(21)23-18(22-15)28-11-17(25)24-19(5-1-2-6-19)12-3-4-13-14(9-12)27-8-7-26-13/h3-4,9-10H,1-2,5-8,11H2,(H,24,25)(H4,20,21,22,23). The molecule has 4 rings (SSSR count). The van der Waals surface area contributed by atoms with Crippen molar-refractivity contribution >= 4 is 29.3 Å². The molecule has 28 heavy (non-hydrogen) atoms. The van der Waals surface area contributed by atoms with E-state index in [1.807, 2.05) is 18.2 Å². The molecule has 2 aromatic rings. The van der Waals surface area contributed by atoms with E-state index in [4.69, 9.17) is 20.9 Å². The van der Waals surface area contributed by atoms with Gasteiger partial charge in [0.1, 0.15) is 24.8 Å². The highest BCUT2D eigenvalue weighted by molar-refractivity contribution is 7.99.